The summed E-state index contributed by atoms with van der Waals surface area (Å²) >= 11 is 1.57. The van der Waals surface area contributed by atoms with Gasteiger partial charge < -0.3 is 4.74 Å². The second kappa shape index (κ2) is 6.36. The Hall–Kier alpha value is -3.46. The number of hydrogen-bond donors (Lipinski definition) is 0. The minimum absolute atomic E-state index is 0.180. The molecule has 9 heteroatoms. The summed E-state index contributed by atoms with van der Waals surface area (Å²) in [5.41, 5.74) is 2.23. The summed E-state index contributed by atoms with van der Waals surface area (Å²) in [5, 5.41) is 14.6. The minimum Gasteiger partial charge on any atom is -0.484 e. The molecular weight excluding hydrogens is 367 g/mol. The normalized spacial score (nSPS) is 11.3. The lowest BCUT2D eigenvalue weighted by molar-refractivity contribution is 0.296. The van der Waals surface area contributed by atoms with Crippen LogP contribution in [0.4, 0.5) is 4.39 Å². The monoisotopic (exact) mass is 378 g/mol. The van der Waals surface area contributed by atoms with Crippen molar-refractivity contribution >= 4 is 27.3 Å². The van der Waals surface area contributed by atoms with Gasteiger partial charge in [0.1, 0.15) is 23.9 Å². The molecule has 0 saturated heterocycles. The molecule has 0 saturated carbocycles. The molecule has 0 spiro atoms. The molecule has 4 heterocycles. The van der Waals surface area contributed by atoms with Gasteiger partial charge in [0.25, 0.3) is 5.78 Å². The maximum atomic E-state index is 13.1. The van der Waals surface area contributed by atoms with Crippen LogP contribution in [-0.4, -0.2) is 29.8 Å². The van der Waals surface area contributed by atoms with E-state index in [2.05, 4.69) is 25.3 Å². The first kappa shape index (κ1) is 15.8. The number of benzene rings is 1. The third-order valence-corrected chi connectivity index (χ3v) is 4.92. The fourth-order valence-corrected chi connectivity index (χ4v) is 3.50. The molecule has 4 aromatic heterocycles. The van der Waals surface area contributed by atoms with E-state index in [-0.39, 0.29) is 12.4 Å². The molecule has 0 N–H and O–H groups in total. The lowest BCUT2D eigenvalue weighted by Crippen LogP contribution is -2.05. The molecule has 5 aromatic rings. The third-order valence-electron chi connectivity index (χ3n) is 4.00. The molecule has 1 aromatic carbocycles. The Bertz CT molecular complexity index is 1250. The van der Waals surface area contributed by atoms with Gasteiger partial charge in [0.05, 0.1) is 16.4 Å². The number of halogens is 1. The predicted octanol–water partition coefficient (Wildman–Crippen LogP) is 3.51. The zero-order valence-electron chi connectivity index (χ0n) is 13.8. The van der Waals surface area contributed by atoms with Crippen LogP contribution >= 0.6 is 11.3 Å². The van der Waals surface area contributed by atoms with Crippen LogP contribution in [-0.2, 0) is 6.61 Å². The number of thiophene rings is 1. The molecule has 0 aliphatic rings. The van der Waals surface area contributed by atoms with Gasteiger partial charge >= 0.3 is 0 Å². The Morgan fingerprint density at radius 2 is 1.93 bits per heavy atom. The van der Waals surface area contributed by atoms with Crippen LogP contribution in [0.3, 0.4) is 0 Å². The fourth-order valence-electron chi connectivity index (χ4n) is 2.69. The van der Waals surface area contributed by atoms with Crippen molar-refractivity contribution in [3.8, 4) is 17.0 Å². The molecule has 0 radical (unpaired) electrons. The number of fused-ring (bicyclic) bond motifs is 2. The average molecular weight is 378 g/mol. The summed E-state index contributed by atoms with van der Waals surface area (Å²) in [7, 11) is 0. The zero-order chi connectivity index (χ0) is 18.2. The molecule has 0 aliphatic heterocycles. The van der Waals surface area contributed by atoms with Crippen molar-refractivity contribution in [2.75, 3.05) is 0 Å². The Kier molecular flexibility index (Phi) is 3.72. The van der Waals surface area contributed by atoms with E-state index >= 15 is 0 Å². The molecule has 0 unspecified atom stereocenters. The quantitative estimate of drug-likeness (QED) is 0.476. The van der Waals surface area contributed by atoms with E-state index in [1.54, 1.807) is 35.9 Å². The lowest BCUT2D eigenvalue weighted by atomic mass is 10.2. The molecule has 0 aliphatic carbocycles. The van der Waals surface area contributed by atoms with Crippen LogP contribution in [0.25, 0.3) is 27.3 Å². The van der Waals surface area contributed by atoms with E-state index in [1.165, 1.54) is 16.6 Å². The van der Waals surface area contributed by atoms with Crippen molar-refractivity contribution in [1.82, 2.24) is 29.8 Å². The van der Waals surface area contributed by atoms with Crippen molar-refractivity contribution in [2.24, 2.45) is 0 Å². The van der Waals surface area contributed by atoms with Crippen LogP contribution in [0.15, 0.2) is 54.2 Å². The number of hydrogen-bond acceptors (Lipinski definition) is 7. The summed E-state index contributed by atoms with van der Waals surface area (Å²) in [5.74, 6) is 1.32. The predicted molar refractivity (Wildman–Crippen MR) is 97.9 cm³/mol. The van der Waals surface area contributed by atoms with Gasteiger partial charge in [-0.25, -0.2) is 9.37 Å². The Balaban J connectivity index is 1.47. The Morgan fingerprint density at radius 3 is 2.81 bits per heavy atom. The van der Waals surface area contributed by atoms with Crippen molar-refractivity contribution in [2.45, 2.75) is 6.61 Å². The van der Waals surface area contributed by atoms with E-state index in [0.29, 0.717) is 17.3 Å². The maximum absolute atomic E-state index is 13.1. The summed E-state index contributed by atoms with van der Waals surface area (Å²) in [6.07, 6.45) is 3.29. The molecule has 27 heavy (non-hydrogen) atoms. The number of aromatic nitrogens is 6. The highest BCUT2D eigenvalue weighted by Crippen LogP contribution is 2.29. The first-order valence-corrected chi connectivity index (χ1v) is 8.94. The van der Waals surface area contributed by atoms with Crippen molar-refractivity contribution < 1.29 is 9.13 Å². The highest BCUT2D eigenvalue weighted by molar-refractivity contribution is 7.17. The third kappa shape index (κ3) is 2.87. The van der Waals surface area contributed by atoms with E-state index in [4.69, 9.17) is 4.74 Å². The van der Waals surface area contributed by atoms with Gasteiger partial charge in [0.15, 0.2) is 5.82 Å². The number of pyridine rings is 1. The molecule has 0 amide bonds. The topological polar surface area (TPSA) is 78.1 Å². The van der Waals surface area contributed by atoms with E-state index in [0.717, 1.165) is 21.5 Å². The van der Waals surface area contributed by atoms with Gasteiger partial charge in [-0.05, 0) is 41.8 Å². The molecule has 132 valence electrons. The average Bonchev–Trinajstić information content (AvgIpc) is 3.33. The molecular formula is C18H11FN6OS. The second-order valence-corrected chi connectivity index (χ2v) is 6.63. The molecule has 0 atom stereocenters. The highest BCUT2D eigenvalue weighted by Gasteiger charge is 2.12. The van der Waals surface area contributed by atoms with Gasteiger partial charge in [-0.15, -0.1) is 21.5 Å². The number of rotatable bonds is 4. The minimum atomic E-state index is -0.302. The number of nitrogens with zero attached hydrogens (tertiary/aromatic N) is 6. The molecule has 7 nitrogen and oxygen atoms in total. The smallest absolute Gasteiger partial charge is 0.272 e. The molecule has 0 bridgehead atoms. The zero-order valence-corrected chi connectivity index (χ0v) is 14.6. The van der Waals surface area contributed by atoms with E-state index in [1.807, 2.05) is 17.5 Å². The summed E-state index contributed by atoms with van der Waals surface area (Å²) < 4.78 is 21.6. The Labute approximate surface area is 156 Å². The first-order valence-electron chi connectivity index (χ1n) is 8.06. The summed E-state index contributed by atoms with van der Waals surface area (Å²) in [6.45, 7) is 0.180. The largest absolute Gasteiger partial charge is 0.484 e. The van der Waals surface area contributed by atoms with Gasteiger partial charge in [-0.2, -0.15) is 9.61 Å². The van der Waals surface area contributed by atoms with Gasteiger partial charge in [0.2, 0.25) is 0 Å². The highest BCUT2D eigenvalue weighted by atomic mass is 32.1. The van der Waals surface area contributed by atoms with Crippen LogP contribution in [0, 0.1) is 5.82 Å². The second-order valence-electron chi connectivity index (χ2n) is 5.71. The number of ether oxygens (including phenoxy) is 1. The van der Waals surface area contributed by atoms with E-state index in [9.17, 15) is 4.39 Å². The fraction of sp³-hybridized carbons (Fsp3) is 0.0556. The lowest BCUT2D eigenvalue weighted by Gasteiger charge is -2.06. The Morgan fingerprint density at radius 1 is 1.04 bits per heavy atom. The van der Waals surface area contributed by atoms with Crippen molar-refractivity contribution in [3.63, 3.8) is 0 Å². The van der Waals surface area contributed by atoms with Crippen molar-refractivity contribution in [3.05, 3.63) is 65.8 Å². The van der Waals surface area contributed by atoms with Gasteiger partial charge in [0, 0.05) is 11.8 Å². The van der Waals surface area contributed by atoms with Crippen LogP contribution in [0.5, 0.6) is 5.75 Å². The maximum Gasteiger partial charge on any atom is 0.272 e. The molecule has 0 fully saturated rings. The summed E-state index contributed by atoms with van der Waals surface area (Å²) in [6, 6.07) is 9.82. The van der Waals surface area contributed by atoms with Gasteiger partial charge in [-0.3, -0.25) is 4.98 Å². The first-order chi connectivity index (χ1) is 13.3. The van der Waals surface area contributed by atoms with Crippen LogP contribution < -0.4 is 4.74 Å². The van der Waals surface area contributed by atoms with Crippen LogP contribution in [0.2, 0.25) is 0 Å². The van der Waals surface area contributed by atoms with Crippen LogP contribution in [0.1, 0.15) is 5.82 Å². The summed E-state index contributed by atoms with van der Waals surface area (Å²) in [4.78, 5) is 8.56. The van der Waals surface area contributed by atoms with Gasteiger partial charge in [-0.1, -0.05) is 0 Å². The standard InChI is InChI=1S/C18H11FN6OS/c19-12-3-1-11(2-4-12)14-9-21-18-23-22-16(25(18)24-14)10-26-15-5-7-20-13-6-8-27-17(13)15/h1-9H,10H2. The van der Waals surface area contributed by atoms with Crippen molar-refractivity contribution in [1.29, 1.82) is 0 Å². The molecule has 5 rings (SSSR count). The van der Waals surface area contributed by atoms with E-state index < -0.39 is 0 Å². The SMILES string of the molecule is Fc1ccc(-c2cnc3nnc(COc4ccnc5ccsc45)n3n2)cc1.